The quantitative estimate of drug-likeness (QED) is 0.648. The number of fused-ring (bicyclic) bond motifs is 1. The number of alkyl halides is 2. The third-order valence-electron chi connectivity index (χ3n) is 3.92. The van der Waals surface area contributed by atoms with E-state index in [4.69, 9.17) is 11.6 Å². The van der Waals surface area contributed by atoms with E-state index in [0.717, 1.165) is 0 Å². The number of pyridine rings is 1. The first-order chi connectivity index (χ1) is 13.0. The van der Waals surface area contributed by atoms with Crippen molar-refractivity contribution in [2.24, 2.45) is 0 Å². The number of hydrogen-bond acceptors (Lipinski definition) is 5. The van der Waals surface area contributed by atoms with E-state index < -0.39 is 12.7 Å². The van der Waals surface area contributed by atoms with Crippen LogP contribution in [0.2, 0.25) is 5.02 Å². The molecule has 1 aromatic heterocycles. The van der Waals surface area contributed by atoms with Gasteiger partial charge in [0.2, 0.25) is 0 Å². The average Bonchev–Trinajstić information content (AvgIpc) is 2.65. The second-order valence-corrected chi connectivity index (χ2v) is 6.04. The summed E-state index contributed by atoms with van der Waals surface area (Å²) in [5.41, 5.74) is 1.60. The van der Waals surface area contributed by atoms with Gasteiger partial charge in [0.15, 0.2) is 0 Å². The lowest BCUT2D eigenvalue weighted by Crippen LogP contribution is -2.14. The Balaban J connectivity index is 1.94. The highest BCUT2D eigenvalue weighted by Gasteiger charge is 2.15. The van der Waals surface area contributed by atoms with Crippen LogP contribution in [0, 0.1) is 11.3 Å². The van der Waals surface area contributed by atoms with Gasteiger partial charge in [-0.2, -0.15) is 14.0 Å². The molecule has 0 bridgehead atoms. The number of benzene rings is 2. The number of aromatic nitrogens is 1. The minimum absolute atomic E-state index is 0.0518. The number of halogens is 3. The summed E-state index contributed by atoms with van der Waals surface area (Å²) < 4.78 is 29.4. The summed E-state index contributed by atoms with van der Waals surface area (Å²) in [6.45, 7) is -2.91. The predicted molar refractivity (Wildman–Crippen MR) is 98.0 cm³/mol. The molecular formula is C19H14ClF2N3O2. The van der Waals surface area contributed by atoms with Crippen molar-refractivity contribution < 1.29 is 18.6 Å². The van der Waals surface area contributed by atoms with E-state index in [1.165, 1.54) is 24.4 Å². The summed E-state index contributed by atoms with van der Waals surface area (Å²) in [6.07, 6.45) is 0.439. The van der Waals surface area contributed by atoms with Crippen molar-refractivity contribution in [3.63, 3.8) is 0 Å². The highest BCUT2D eigenvalue weighted by Crippen LogP contribution is 2.31. The van der Waals surface area contributed by atoms with Gasteiger partial charge in [0, 0.05) is 28.7 Å². The van der Waals surface area contributed by atoms with Gasteiger partial charge >= 0.3 is 6.61 Å². The van der Waals surface area contributed by atoms with E-state index >= 15 is 0 Å². The highest BCUT2D eigenvalue weighted by atomic mass is 35.5. The maximum atomic E-state index is 12.5. The second-order valence-electron chi connectivity index (χ2n) is 5.63. The number of nitriles is 1. The molecule has 0 saturated carbocycles. The first-order valence-corrected chi connectivity index (χ1v) is 8.31. The van der Waals surface area contributed by atoms with Crippen LogP contribution in [0.4, 0.5) is 14.5 Å². The summed E-state index contributed by atoms with van der Waals surface area (Å²) in [5.74, 6) is -0.0518. The lowest BCUT2D eigenvalue weighted by Gasteiger charge is -2.17. The summed E-state index contributed by atoms with van der Waals surface area (Å²) >= 11 is 6.09. The van der Waals surface area contributed by atoms with E-state index in [-0.39, 0.29) is 17.9 Å². The number of ether oxygens (including phenoxy) is 1. The number of rotatable bonds is 6. The molecule has 0 aliphatic rings. The van der Waals surface area contributed by atoms with E-state index in [9.17, 15) is 19.1 Å². The molecule has 2 aromatic carbocycles. The zero-order chi connectivity index (χ0) is 19.4. The Morgan fingerprint density at radius 1 is 1.26 bits per heavy atom. The Hall–Kier alpha value is -2.95. The highest BCUT2D eigenvalue weighted by molar-refractivity contribution is 6.31. The standard InChI is InChI=1S/C19H14ClF2N3O2/c20-15-4-2-1-3-13(15)17(26)10-25-18-11(8-23)9-24-16-6-5-12(7-14(16)18)27-19(21)22/h1-7,9,17,19,26H,10H2,(H,24,25). The topological polar surface area (TPSA) is 78.2 Å². The van der Waals surface area contributed by atoms with Crippen LogP contribution in [0.1, 0.15) is 17.2 Å². The van der Waals surface area contributed by atoms with Crippen LogP contribution in [0.3, 0.4) is 0 Å². The molecule has 0 amide bonds. The number of anilines is 1. The maximum Gasteiger partial charge on any atom is 0.387 e. The third kappa shape index (κ3) is 4.25. The van der Waals surface area contributed by atoms with Crippen LogP contribution < -0.4 is 10.1 Å². The van der Waals surface area contributed by atoms with Gasteiger partial charge in [-0.15, -0.1) is 0 Å². The molecule has 0 spiro atoms. The van der Waals surface area contributed by atoms with E-state index in [2.05, 4.69) is 15.0 Å². The number of aliphatic hydroxyl groups is 1. The minimum atomic E-state index is -2.96. The fourth-order valence-electron chi connectivity index (χ4n) is 2.68. The lowest BCUT2D eigenvalue weighted by molar-refractivity contribution is -0.0497. The normalized spacial score (nSPS) is 12.0. The lowest BCUT2D eigenvalue weighted by atomic mass is 10.1. The molecule has 3 rings (SSSR count). The van der Waals surface area contributed by atoms with Crippen molar-refractivity contribution in [2.75, 3.05) is 11.9 Å². The van der Waals surface area contributed by atoms with Crippen molar-refractivity contribution in [3.05, 3.63) is 64.8 Å². The predicted octanol–water partition coefficient (Wildman–Crippen LogP) is 4.51. The number of aliphatic hydroxyl groups excluding tert-OH is 1. The van der Waals surface area contributed by atoms with Gasteiger partial charge in [-0.1, -0.05) is 29.8 Å². The zero-order valence-electron chi connectivity index (χ0n) is 13.9. The Labute approximate surface area is 158 Å². The van der Waals surface area contributed by atoms with Crippen LogP contribution >= 0.6 is 11.6 Å². The molecule has 0 aliphatic carbocycles. The molecule has 0 saturated heterocycles. The maximum absolute atomic E-state index is 12.5. The van der Waals surface area contributed by atoms with E-state index in [1.807, 2.05) is 6.07 Å². The molecule has 1 atom stereocenters. The molecule has 3 aromatic rings. The fraction of sp³-hybridized carbons (Fsp3) is 0.158. The number of nitrogens with zero attached hydrogens (tertiary/aromatic N) is 2. The number of nitrogens with one attached hydrogen (secondary N) is 1. The molecule has 1 unspecified atom stereocenters. The third-order valence-corrected chi connectivity index (χ3v) is 4.27. The molecule has 27 heavy (non-hydrogen) atoms. The van der Waals surface area contributed by atoms with Crippen LogP contribution in [-0.4, -0.2) is 23.2 Å². The number of hydrogen-bond donors (Lipinski definition) is 2. The Kier molecular flexibility index (Phi) is 5.69. The Morgan fingerprint density at radius 2 is 2.04 bits per heavy atom. The first kappa shape index (κ1) is 18.8. The van der Waals surface area contributed by atoms with Gasteiger partial charge in [-0.05, 0) is 24.3 Å². The van der Waals surface area contributed by atoms with Crippen molar-refractivity contribution in [3.8, 4) is 11.8 Å². The molecule has 138 valence electrons. The molecule has 0 aliphatic heterocycles. The molecular weight excluding hydrogens is 376 g/mol. The van der Waals surface area contributed by atoms with Crippen LogP contribution in [-0.2, 0) is 0 Å². The first-order valence-electron chi connectivity index (χ1n) is 7.93. The van der Waals surface area contributed by atoms with Crippen molar-refractivity contribution in [1.82, 2.24) is 4.98 Å². The van der Waals surface area contributed by atoms with Crippen molar-refractivity contribution in [2.45, 2.75) is 12.7 Å². The van der Waals surface area contributed by atoms with Gasteiger partial charge in [0.05, 0.1) is 22.9 Å². The average molecular weight is 390 g/mol. The van der Waals surface area contributed by atoms with Crippen molar-refractivity contribution >= 4 is 28.2 Å². The minimum Gasteiger partial charge on any atom is -0.435 e. The second kappa shape index (κ2) is 8.16. The molecule has 0 fully saturated rings. The monoisotopic (exact) mass is 389 g/mol. The van der Waals surface area contributed by atoms with Gasteiger partial charge in [-0.3, -0.25) is 4.98 Å². The fourth-order valence-corrected chi connectivity index (χ4v) is 2.94. The van der Waals surface area contributed by atoms with Gasteiger partial charge in [-0.25, -0.2) is 0 Å². The van der Waals surface area contributed by atoms with Gasteiger partial charge < -0.3 is 15.2 Å². The largest absolute Gasteiger partial charge is 0.435 e. The van der Waals surface area contributed by atoms with Crippen LogP contribution in [0.25, 0.3) is 10.9 Å². The zero-order valence-corrected chi connectivity index (χ0v) is 14.6. The SMILES string of the molecule is N#Cc1cnc2ccc(OC(F)F)cc2c1NCC(O)c1ccccc1Cl. The summed E-state index contributed by atoms with van der Waals surface area (Å²) in [7, 11) is 0. The summed E-state index contributed by atoms with van der Waals surface area (Å²) in [4.78, 5) is 4.14. The Bertz CT molecular complexity index is 1010. The molecule has 5 nitrogen and oxygen atoms in total. The molecule has 2 N–H and O–H groups in total. The summed E-state index contributed by atoms with van der Waals surface area (Å²) in [5, 5.41) is 23.6. The molecule has 1 heterocycles. The molecule has 8 heteroatoms. The smallest absolute Gasteiger partial charge is 0.387 e. The molecule has 0 radical (unpaired) electrons. The van der Waals surface area contributed by atoms with Gasteiger partial charge in [0.25, 0.3) is 0 Å². The Morgan fingerprint density at radius 3 is 2.74 bits per heavy atom. The van der Waals surface area contributed by atoms with Crippen LogP contribution in [0.15, 0.2) is 48.7 Å². The van der Waals surface area contributed by atoms with Crippen molar-refractivity contribution in [1.29, 1.82) is 5.26 Å². The van der Waals surface area contributed by atoms with Gasteiger partial charge in [0.1, 0.15) is 11.8 Å². The van der Waals surface area contributed by atoms with Crippen LogP contribution in [0.5, 0.6) is 5.75 Å². The van der Waals surface area contributed by atoms with E-state index in [0.29, 0.717) is 27.2 Å². The summed E-state index contributed by atoms with van der Waals surface area (Å²) in [6, 6.07) is 13.1. The van der Waals surface area contributed by atoms with E-state index in [1.54, 1.807) is 24.3 Å².